The summed E-state index contributed by atoms with van der Waals surface area (Å²) in [4.78, 5) is 67.5. The van der Waals surface area contributed by atoms with E-state index in [1.807, 2.05) is 0 Å². The summed E-state index contributed by atoms with van der Waals surface area (Å²) < 4.78 is 29.0. The van der Waals surface area contributed by atoms with Gasteiger partial charge in [-0.2, -0.15) is 0 Å². The lowest BCUT2D eigenvalue weighted by Gasteiger charge is -2.02. The average Bonchev–Trinajstić information content (AvgIpc) is 3.20. The summed E-state index contributed by atoms with van der Waals surface area (Å²) in [5.41, 5.74) is 0.664. The molecule has 0 saturated carbocycles. The Hall–Kier alpha value is -2.02. The van der Waals surface area contributed by atoms with Crippen molar-refractivity contribution >= 4 is 27.2 Å². The van der Waals surface area contributed by atoms with Gasteiger partial charge in [0.1, 0.15) is 13.2 Å². The molecule has 0 aromatic carbocycles. The predicted molar refractivity (Wildman–Crippen MR) is 90.9 cm³/mol. The molecule has 0 aliphatic heterocycles. The van der Waals surface area contributed by atoms with Gasteiger partial charge in [0, 0.05) is 13.8 Å². The molecular weight excluding hydrogens is 422 g/mol. The quantitative estimate of drug-likeness (QED) is 0.243. The van der Waals surface area contributed by atoms with E-state index in [2.05, 4.69) is 29.0 Å². The maximum atomic E-state index is 10.8. The van der Waals surface area contributed by atoms with Crippen molar-refractivity contribution < 1.29 is 47.3 Å². The molecule has 2 aromatic rings. The predicted octanol–water partition coefficient (Wildman–Crippen LogP) is 0.443. The minimum atomic E-state index is -4.48. The van der Waals surface area contributed by atoms with Gasteiger partial charge in [-0.3, -0.25) is 18.6 Å². The lowest BCUT2D eigenvalue weighted by molar-refractivity contribution is 0.0996. The number of carbonyl (C=O) groups excluding carboxylic acids is 2. The van der Waals surface area contributed by atoms with Crippen LogP contribution in [0.1, 0.15) is 46.5 Å². The number of phosphoric ester groups is 2. The number of hydrogen-bond donors (Lipinski definition) is 6. The van der Waals surface area contributed by atoms with Crippen molar-refractivity contribution in [3.05, 3.63) is 35.4 Å². The molecule has 0 radical (unpaired) electrons. The third-order valence-electron chi connectivity index (χ3n) is 2.70. The third kappa shape index (κ3) is 9.78. The summed E-state index contributed by atoms with van der Waals surface area (Å²) in [6.45, 7) is 2.02. The van der Waals surface area contributed by atoms with Crippen LogP contribution < -0.4 is 0 Å². The Morgan fingerprint density at radius 1 is 0.857 bits per heavy atom. The van der Waals surface area contributed by atoms with E-state index >= 15 is 0 Å². The smallest absolute Gasteiger partial charge is 0.337 e. The number of carbonyl (C=O) groups is 2. The number of phosphoric acid groups is 2. The molecule has 14 nitrogen and oxygen atoms in total. The largest absolute Gasteiger partial charge is 0.469 e. The van der Waals surface area contributed by atoms with Crippen molar-refractivity contribution in [2.75, 3.05) is 0 Å². The Bertz CT molecular complexity index is 837. The second-order valence-corrected chi connectivity index (χ2v) is 7.63. The molecule has 0 aliphatic rings. The lowest BCUT2D eigenvalue weighted by atomic mass is 10.4. The van der Waals surface area contributed by atoms with Crippen molar-refractivity contribution in [3.8, 4) is 0 Å². The minimum absolute atomic E-state index is 0.134. The molecule has 0 unspecified atom stereocenters. The van der Waals surface area contributed by atoms with Crippen molar-refractivity contribution in [1.82, 2.24) is 19.9 Å². The standard InChI is InChI=1S/2C6H9N2O5P/c2*1-4(9)6-7-2-5(8-6)3-13-14(10,11)12/h2*2H,3H2,1H3,(H,7,8)(H2,10,11,12). The molecule has 0 saturated heterocycles. The molecule has 2 rings (SSSR count). The fourth-order valence-corrected chi connectivity index (χ4v) is 2.14. The number of imidazole rings is 2. The molecule has 2 heterocycles. The van der Waals surface area contributed by atoms with E-state index in [-0.39, 0.29) is 36.4 Å². The lowest BCUT2D eigenvalue weighted by Crippen LogP contribution is -1.96. The van der Waals surface area contributed by atoms with Crippen LogP contribution in [-0.4, -0.2) is 51.1 Å². The molecule has 0 fully saturated rings. The van der Waals surface area contributed by atoms with Crippen LogP contribution in [0.15, 0.2) is 12.4 Å². The van der Waals surface area contributed by atoms with E-state index in [4.69, 9.17) is 19.6 Å². The summed E-state index contributed by atoms with van der Waals surface area (Å²) >= 11 is 0. The summed E-state index contributed by atoms with van der Waals surface area (Å²) in [6, 6.07) is 0. The number of nitrogens with zero attached hydrogens (tertiary/aromatic N) is 2. The summed E-state index contributed by atoms with van der Waals surface area (Å²) in [5, 5.41) is 0. The Kier molecular flexibility index (Phi) is 8.54. The molecule has 0 atom stereocenters. The zero-order valence-electron chi connectivity index (χ0n) is 14.6. The number of Topliss-reactive ketones (excluding diaryl/α,β-unsaturated/α-hetero) is 2. The van der Waals surface area contributed by atoms with Crippen molar-refractivity contribution in [1.29, 1.82) is 0 Å². The van der Waals surface area contributed by atoms with Crippen LogP contribution in [0.2, 0.25) is 0 Å². The van der Waals surface area contributed by atoms with Crippen molar-refractivity contribution in [3.63, 3.8) is 0 Å². The second-order valence-electron chi connectivity index (χ2n) is 5.15. The fourth-order valence-electron chi connectivity index (χ4n) is 1.53. The first kappa shape index (κ1) is 24.0. The van der Waals surface area contributed by atoms with Crippen LogP contribution in [0.4, 0.5) is 0 Å². The molecule has 156 valence electrons. The second kappa shape index (κ2) is 9.96. The topological polar surface area (TPSA) is 225 Å². The maximum Gasteiger partial charge on any atom is 0.469 e. The van der Waals surface area contributed by atoms with Crippen LogP contribution in [0.25, 0.3) is 0 Å². The summed E-state index contributed by atoms with van der Waals surface area (Å²) in [7, 11) is -8.96. The van der Waals surface area contributed by atoms with Gasteiger partial charge in [-0.25, -0.2) is 19.1 Å². The molecular formula is C12H18N4O10P2. The van der Waals surface area contributed by atoms with E-state index in [1.165, 1.54) is 26.2 Å². The van der Waals surface area contributed by atoms with Crippen molar-refractivity contribution in [2.45, 2.75) is 27.1 Å². The first-order chi connectivity index (χ1) is 12.8. The maximum absolute atomic E-state index is 10.8. The number of aromatic nitrogens is 4. The molecule has 2 aromatic heterocycles. The van der Waals surface area contributed by atoms with E-state index in [0.29, 0.717) is 11.4 Å². The normalized spacial score (nSPS) is 11.6. The minimum Gasteiger partial charge on any atom is -0.337 e. The van der Waals surface area contributed by atoms with Gasteiger partial charge in [-0.1, -0.05) is 0 Å². The van der Waals surface area contributed by atoms with E-state index in [9.17, 15) is 18.7 Å². The number of rotatable bonds is 8. The van der Waals surface area contributed by atoms with Gasteiger partial charge in [-0.05, 0) is 0 Å². The highest BCUT2D eigenvalue weighted by Gasteiger charge is 2.15. The van der Waals surface area contributed by atoms with Gasteiger partial charge in [-0.15, -0.1) is 0 Å². The molecule has 0 aliphatic carbocycles. The van der Waals surface area contributed by atoms with Gasteiger partial charge in [0.05, 0.1) is 23.8 Å². The monoisotopic (exact) mass is 440 g/mol. The van der Waals surface area contributed by atoms with Crippen LogP contribution in [0.5, 0.6) is 0 Å². The first-order valence-electron chi connectivity index (χ1n) is 7.26. The van der Waals surface area contributed by atoms with Crippen LogP contribution in [0.3, 0.4) is 0 Å². The van der Waals surface area contributed by atoms with Gasteiger partial charge < -0.3 is 29.5 Å². The zero-order valence-corrected chi connectivity index (χ0v) is 16.4. The molecule has 6 N–H and O–H groups in total. The van der Waals surface area contributed by atoms with E-state index in [1.54, 1.807) is 0 Å². The number of ketones is 2. The van der Waals surface area contributed by atoms with Gasteiger partial charge in [0.25, 0.3) is 0 Å². The van der Waals surface area contributed by atoms with Crippen LogP contribution >= 0.6 is 15.6 Å². The first-order valence-corrected chi connectivity index (χ1v) is 10.3. The van der Waals surface area contributed by atoms with Crippen molar-refractivity contribution in [2.24, 2.45) is 0 Å². The molecule has 16 heteroatoms. The Morgan fingerprint density at radius 3 is 1.39 bits per heavy atom. The number of nitrogens with one attached hydrogen (secondary N) is 2. The molecule has 28 heavy (non-hydrogen) atoms. The Morgan fingerprint density at radius 2 is 1.18 bits per heavy atom. The SMILES string of the molecule is CC(=O)c1ncc(COP(=O)(O)O)[nH]1.CC(=O)c1ncc(COP(=O)(O)O)[nH]1. The van der Waals surface area contributed by atoms with Crippen LogP contribution in [0, 0.1) is 0 Å². The summed E-state index contributed by atoms with van der Waals surface area (Å²) in [6.07, 6.45) is 2.57. The number of aromatic amines is 2. The molecule has 0 spiro atoms. The van der Waals surface area contributed by atoms with E-state index < -0.39 is 15.6 Å². The zero-order chi connectivity index (χ0) is 21.5. The summed E-state index contributed by atoms with van der Waals surface area (Å²) in [5.74, 6) is -0.247. The Labute approximate surface area is 157 Å². The number of hydrogen-bond acceptors (Lipinski definition) is 8. The highest BCUT2D eigenvalue weighted by atomic mass is 31.2. The fraction of sp³-hybridized carbons (Fsp3) is 0.333. The molecule has 0 amide bonds. The van der Waals surface area contributed by atoms with Gasteiger partial charge >= 0.3 is 15.6 Å². The average molecular weight is 440 g/mol. The Balaban J connectivity index is 0.000000280. The third-order valence-corrected chi connectivity index (χ3v) is 3.63. The van der Waals surface area contributed by atoms with E-state index in [0.717, 1.165) is 0 Å². The highest BCUT2D eigenvalue weighted by molar-refractivity contribution is 7.46. The molecule has 0 bridgehead atoms. The highest BCUT2D eigenvalue weighted by Crippen LogP contribution is 2.37. The van der Waals surface area contributed by atoms with Crippen LogP contribution in [-0.2, 0) is 31.4 Å². The van der Waals surface area contributed by atoms with Gasteiger partial charge in [0.15, 0.2) is 23.2 Å². The number of H-pyrrole nitrogens is 2. The van der Waals surface area contributed by atoms with Gasteiger partial charge in [0.2, 0.25) is 0 Å².